The first-order chi connectivity index (χ1) is 13.0. The topological polar surface area (TPSA) is 102 Å². The molecule has 0 atom stereocenters. The van der Waals surface area contributed by atoms with E-state index in [-0.39, 0.29) is 18.9 Å². The summed E-state index contributed by atoms with van der Waals surface area (Å²) in [7, 11) is 0. The molecule has 27 heavy (non-hydrogen) atoms. The van der Waals surface area contributed by atoms with Crippen molar-refractivity contribution in [2.45, 2.75) is 26.8 Å². The van der Waals surface area contributed by atoms with Gasteiger partial charge < -0.3 is 10.6 Å². The molecule has 3 aromatic rings. The van der Waals surface area contributed by atoms with Gasteiger partial charge in [0.25, 0.3) is 0 Å². The molecule has 0 saturated heterocycles. The van der Waals surface area contributed by atoms with Crippen molar-refractivity contribution in [2.24, 2.45) is 0 Å². The standard InChI is InChI=1S/C19H20N6O2/c1-13-7-6-10-16(14(13)2)21-19(27)11-18(26)20-12-17-22-23-24-25(17)15-8-4-3-5-9-15/h3-10H,11-12H2,1-2H3,(H,20,26)(H,21,27). The molecule has 1 heterocycles. The molecule has 138 valence electrons. The number of amides is 2. The number of nitrogens with one attached hydrogen (secondary N) is 2. The summed E-state index contributed by atoms with van der Waals surface area (Å²) in [6, 6.07) is 15.0. The van der Waals surface area contributed by atoms with Crippen LogP contribution in [0.3, 0.4) is 0 Å². The second-order valence-electron chi connectivity index (χ2n) is 6.09. The number of nitrogens with zero attached hydrogens (tertiary/aromatic N) is 4. The Bertz CT molecular complexity index is 952. The highest BCUT2D eigenvalue weighted by molar-refractivity contribution is 6.03. The van der Waals surface area contributed by atoms with E-state index in [1.165, 1.54) is 4.68 Å². The summed E-state index contributed by atoms with van der Waals surface area (Å²) in [4.78, 5) is 24.2. The van der Waals surface area contributed by atoms with Gasteiger partial charge in [-0.05, 0) is 53.6 Å². The van der Waals surface area contributed by atoms with Crippen molar-refractivity contribution >= 4 is 17.5 Å². The van der Waals surface area contributed by atoms with Gasteiger partial charge in [-0.1, -0.05) is 30.3 Å². The second-order valence-corrected chi connectivity index (χ2v) is 6.09. The van der Waals surface area contributed by atoms with Gasteiger partial charge in [-0.3, -0.25) is 9.59 Å². The van der Waals surface area contributed by atoms with Crippen LogP contribution in [0.2, 0.25) is 0 Å². The Morgan fingerprint density at radius 3 is 2.56 bits per heavy atom. The molecular weight excluding hydrogens is 344 g/mol. The van der Waals surface area contributed by atoms with Crippen LogP contribution in [0.1, 0.15) is 23.4 Å². The van der Waals surface area contributed by atoms with Crippen molar-refractivity contribution in [3.63, 3.8) is 0 Å². The van der Waals surface area contributed by atoms with Crippen LogP contribution in [0.5, 0.6) is 0 Å². The fourth-order valence-electron chi connectivity index (χ4n) is 2.55. The Balaban J connectivity index is 1.55. The monoisotopic (exact) mass is 364 g/mol. The molecule has 0 bridgehead atoms. The van der Waals surface area contributed by atoms with Crippen LogP contribution in [0.15, 0.2) is 48.5 Å². The Kier molecular flexibility index (Phi) is 5.55. The van der Waals surface area contributed by atoms with E-state index in [0.717, 1.165) is 16.8 Å². The molecule has 0 saturated carbocycles. The van der Waals surface area contributed by atoms with E-state index >= 15 is 0 Å². The number of anilines is 1. The number of benzene rings is 2. The molecule has 8 heteroatoms. The Morgan fingerprint density at radius 2 is 1.78 bits per heavy atom. The van der Waals surface area contributed by atoms with Crippen LogP contribution in [-0.4, -0.2) is 32.0 Å². The van der Waals surface area contributed by atoms with E-state index in [0.29, 0.717) is 11.5 Å². The highest BCUT2D eigenvalue weighted by Crippen LogP contribution is 2.18. The van der Waals surface area contributed by atoms with Crippen molar-refractivity contribution in [3.8, 4) is 5.69 Å². The zero-order valence-electron chi connectivity index (χ0n) is 15.1. The second kappa shape index (κ2) is 8.22. The summed E-state index contributed by atoms with van der Waals surface area (Å²) in [5.41, 5.74) is 3.55. The molecule has 2 aromatic carbocycles. The zero-order chi connectivity index (χ0) is 19.2. The van der Waals surface area contributed by atoms with Crippen LogP contribution >= 0.6 is 0 Å². The van der Waals surface area contributed by atoms with E-state index < -0.39 is 5.91 Å². The number of carbonyl (C=O) groups is 2. The summed E-state index contributed by atoms with van der Waals surface area (Å²) in [5, 5.41) is 16.9. The first kappa shape index (κ1) is 18.2. The number of aryl methyl sites for hydroxylation is 1. The van der Waals surface area contributed by atoms with Gasteiger partial charge in [0.15, 0.2) is 5.82 Å². The van der Waals surface area contributed by atoms with E-state index in [2.05, 4.69) is 26.2 Å². The molecule has 0 aliphatic rings. The third-order valence-corrected chi connectivity index (χ3v) is 4.18. The van der Waals surface area contributed by atoms with E-state index in [9.17, 15) is 9.59 Å². The first-order valence-electron chi connectivity index (χ1n) is 8.50. The van der Waals surface area contributed by atoms with Gasteiger partial charge >= 0.3 is 0 Å². The van der Waals surface area contributed by atoms with Gasteiger partial charge in [-0.25, -0.2) is 0 Å². The summed E-state index contributed by atoms with van der Waals surface area (Å²) >= 11 is 0. The highest BCUT2D eigenvalue weighted by atomic mass is 16.2. The first-order valence-corrected chi connectivity index (χ1v) is 8.50. The van der Waals surface area contributed by atoms with Crippen LogP contribution < -0.4 is 10.6 Å². The normalized spacial score (nSPS) is 10.4. The van der Waals surface area contributed by atoms with Crippen LogP contribution in [0.4, 0.5) is 5.69 Å². The molecular formula is C19H20N6O2. The molecule has 3 rings (SSSR count). The summed E-state index contributed by atoms with van der Waals surface area (Å²) in [6.07, 6.45) is -0.277. The Morgan fingerprint density at radius 1 is 1.00 bits per heavy atom. The van der Waals surface area contributed by atoms with E-state index in [1.807, 2.05) is 62.4 Å². The molecule has 0 spiro atoms. The van der Waals surface area contributed by atoms with Crippen LogP contribution in [0.25, 0.3) is 5.69 Å². The van der Waals surface area contributed by atoms with Crippen molar-refractivity contribution in [2.75, 3.05) is 5.32 Å². The molecule has 0 aliphatic heterocycles. The molecule has 2 amide bonds. The van der Waals surface area contributed by atoms with Crippen LogP contribution in [-0.2, 0) is 16.1 Å². The summed E-state index contributed by atoms with van der Waals surface area (Å²) in [6.45, 7) is 4.01. The maximum atomic E-state index is 12.1. The van der Waals surface area contributed by atoms with Gasteiger partial charge in [-0.15, -0.1) is 5.10 Å². The Labute approximate surface area is 156 Å². The van der Waals surface area contributed by atoms with Crippen molar-refractivity contribution < 1.29 is 9.59 Å². The van der Waals surface area contributed by atoms with E-state index in [1.54, 1.807) is 0 Å². The zero-order valence-corrected chi connectivity index (χ0v) is 15.1. The average Bonchev–Trinajstić information content (AvgIpc) is 3.13. The fraction of sp³-hybridized carbons (Fsp3) is 0.211. The number of tetrazole rings is 1. The smallest absolute Gasteiger partial charge is 0.233 e. The maximum absolute atomic E-state index is 12.1. The predicted octanol–water partition coefficient (Wildman–Crippen LogP) is 1.92. The number of carbonyl (C=O) groups excluding carboxylic acids is 2. The fourth-order valence-corrected chi connectivity index (χ4v) is 2.55. The minimum atomic E-state index is -0.402. The molecule has 0 unspecified atom stereocenters. The average molecular weight is 364 g/mol. The SMILES string of the molecule is Cc1cccc(NC(=O)CC(=O)NCc2nnnn2-c2ccccc2)c1C. The maximum Gasteiger partial charge on any atom is 0.233 e. The molecule has 0 radical (unpaired) electrons. The lowest BCUT2D eigenvalue weighted by atomic mass is 10.1. The lowest BCUT2D eigenvalue weighted by Crippen LogP contribution is -2.29. The number of hydrogen-bond acceptors (Lipinski definition) is 5. The largest absolute Gasteiger partial charge is 0.348 e. The number of rotatable bonds is 6. The van der Waals surface area contributed by atoms with Gasteiger partial charge in [0.2, 0.25) is 11.8 Å². The van der Waals surface area contributed by atoms with Crippen LogP contribution in [0, 0.1) is 13.8 Å². The molecule has 1 aromatic heterocycles. The van der Waals surface area contributed by atoms with E-state index in [4.69, 9.17) is 0 Å². The minimum Gasteiger partial charge on any atom is -0.348 e. The number of aromatic nitrogens is 4. The molecule has 0 aliphatic carbocycles. The molecule has 2 N–H and O–H groups in total. The van der Waals surface area contributed by atoms with Gasteiger partial charge in [0.05, 0.1) is 12.2 Å². The highest BCUT2D eigenvalue weighted by Gasteiger charge is 2.13. The number of hydrogen-bond donors (Lipinski definition) is 2. The lowest BCUT2D eigenvalue weighted by Gasteiger charge is -2.10. The third-order valence-electron chi connectivity index (χ3n) is 4.18. The van der Waals surface area contributed by atoms with Crippen molar-refractivity contribution in [1.29, 1.82) is 0 Å². The molecule has 0 fully saturated rings. The third kappa shape index (κ3) is 4.55. The van der Waals surface area contributed by atoms with Crippen molar-refractivity contribution in [3.05, 3.63) is 65.5 Å². The summed E-state index contributed by atoms with van der Waals surface area (Å²) < 4.78 is 1.54. The quantitative estimate of drug-likeness (QED) is 0.651. The lowest BCUT2D eigenvalue weighted by molar-refractivity contribution is -0.126. The number of para-hydroxylation sites is 1. The molecule has 8 nitrogen and oxygen atoms in total. The minimum absolute atomic E-state index is 0.123. The van der Waals surface area contributed by atoms with Crippen molar-refractivity contribution in [1.82, 2.24) is 25.5 Å². The summed E-state index contributed by atoms with van der Waals surface area (Å²) in [5.74, 6) is -0.297. The van der Waals surface area contributed by atoms with Gasteiger partial charge in [0, 0.05) is 5.69 Å². The van der Waals surface area contributed by atoms with Gasteiger partial charge in [0.1, 0.15) is 6.42 Å². The van der Waals surface area contributed by atoms with Gasteiger partial charge in [-0.2, -0.15) is 4.68 Å². The Hall–Kier alpha value is -3.55. The predicted molar refractivity (Wildman–Crippen MR) is 100 cm³/mol.